The van der Waals surface area contributed by atoms with E-state index in [1.54, 1.807) is 7.11 Å². The van der Waals surface area contributed by atoms with Crippen LogP contribution in [0.5, 0.6) is 0 Å². The third kappa shape index (κ3) is 5.49. The van der Waals surface area contributed by atoms with Crippen molar-refractivity contribution in [3.8, 4) is 0 Å². The van der Waals surface area contributed by atoms with Gasteiger partial charge in [-0.05, 0) is 31.6 Å². The Balaban J connectivity index is 2.17. The molecule has 0 atom stereocenters. The van der Waals surface area contributed by atoms with Crippen LogP contribution in [-0.4, -0.2) is 48.7 Å². The molecule has 1 aliphatic rings. The van der Waals surface area contributed by atoms with E-state index in [0.717, 1.165) is 25.7 Å². The molecule has 0 aromatic heterocycles. The Morgan fingerprint density at radius 1 is 1.28 bits per heavy atom. The van der Waals surface area contributed by atoms with Crippen LogP contribution in [0.15, 0.2) is 0 Å². The van der Waals surface area contributed by atoms with E-state index in [2.05, 4.69) is 0 Å². The second-order valence-electron chi connectivity index (χ2n) is 4.87. The zero-order valence-electron chi connectivity index (χ0n) is 11.1. The van der Waals surface area contributed by atoms with Crippen LogP contribution in [0.2, 0.25) is 0 Å². The number of ether oxygens (including phenoxy) is 1. The Hall–Kier alpha value is -1.10. The van der Waals surface area contributed by atoms with Crippen LogP contribution < -0.4 is 0 Å². The van der Waals surface area contributed by atoms with Crippen molar-refractivity contribution in [3.63, 3.8) is 0 Å². The number of rotatable bonds is 7. The van der Waals surface area contributed by atoms with Gasteiger partial charge in [0.1, 0.15) is 0 Å². The van der Waals surface area contributed by atoms with E-state index in [1.807, 2.05) is 4.90 Å². The quantitative estimate of drug-likeness (QED) is 0.702. The highest BCUT2D eigenvalue weighted by Crippen LogP contribution is 2.21. The van der Waals surface area contributed by atoms with Crippen molar-refractivity contribution in [1.82, 2.24) is 4.90 Å². The summed E-state index contributed by atoms with van der Waals surface area (Å²) in [5.41, 5.74) is 0. The normalized spacial score (nSPS) is 16.8. The molecule has 0 bridgehead atoms. The molecule has 0 aromatic carbocycles. The standard InChI is InChI=1S/C13H23NO4/c1-18-9-3-2-4-12(15)14-7-5-11(6-8-14)10-13(16)17/h11H,2-10H2,1H3,(H,16,17). The second kappa shape index (κ2) is 8.08. The monoisotopic (exact) mass is 257 g/mol. The molecule has 1 heterocycles. The third-order valence-corrected chi connectivity index (χ3v) is 3.42. The number of piperidine rings is 1. The molecule has 1 rings (SSSR count). The Morgan fingerprint density at radius 2 is 1.94 bits per heavy atom. The fraction of sp³-hybridized carbons (Fsp3) is 0.846. The Bertz CT molecular complexity index is 272. The van der Waals surface area contributed by atoms with Gasteiger partial charge in [0.15, 0.2) is 0 Å². The Kier molecular flexibility index (Phi) is 6.72. The zero-order valence-corrected chi connectivity index (χ0v) is 11.1. The number of carbonyl (C=O) groups excluding carboxylic acids is 1. The van der Waals surface area contributed by atoms with Gasteiger partial charge in [0.2, 0.25) is 5.91 Å². The fourth-order valence-electron chi connectivity index (χ4n) is 2.31. The van der Waals surface area contributed by atoms with Gasteiger partial charge in [0.05, 0.1) is 0 Å². The van der Waals surface area contributed by atoms with Gasteiger partial charge in [-0.3, -0.25) is 9.59 Å². The molecule has 0 spiro atoms. The van der Waals surface area contributed by atoms with Crippen molar-refractivity contribution < 1.29 is 19.4 Å². The molecule has 1 saturated heterocycles. The lowest BCUT2D eigenvalue weighted by Crippen LogP contribution is -2.38. The third-order valence-electron chi connectivity index (χ3n) is 3.42. The number of hydrogen-bond acceptors (Lipinski definition) is 3. The minimum absolute atomic E-state index is 0.194. The first kappa shape index (κ1) is 15.0. The largest absolute Gasteiger partial charge is 0.481 e. The maximum Gasteiger partial charge on any atom is 0.303 e. The van der Waals surface area contributed by atoms with Crippen LogP contribution in [0.1, 0.15) is 38.5 Å². The first-order chi connectivity index (χ1) is 8.63. The summed E-state index contributed by atoms with van der Waals surface area (Å²) < 4.78 is 4.94. The van der Waals surface area contributed by atoms with Crippen LogP contribution in [0.3, 0.4) is 0 Å². The number of carboxylic acid groups (broad SMARTS) is 1. The summed E-state index contributed by atoms with van der Waals surface area (Å²) in [6.45, 7) is 2.12. The molecule has 1 fully saturated rings. The average Bonchev–Trinajstić information content (AvgIpc) is 2.34. The summed E-state index contributed by atoms with van der Waals surface area (Å²) in [7, 11) is 1.66. The van der Waals surface area contributed by atoms with Crippen LogP contribution in [-0.2, 0) is 14.3 Å². The maximum absolute atomic E-state index is 11.9. The summed E-state index contributed by atoms with van der Waals surface area (Å²) in [5, 5.41) is 8.72. The van der Waals surface area contributed by atoms with Gasteiger partial charge in [0, 0.05) is 39.6 Å². The van der Waals surface area contributed by atoms with Gasteiger partial charge in [-0.25, -0.2) is 0 Å². The predicted octanol–water partition coefficient (Wildman–Crippen LogP) is 1.52. The van der Waals surface area contributed by atoms with Crippen molar-refractivity contribution >= 4 is 11.9 Å². The minimum atomic E-state index is -0.737. The van der Waals surface area contributed by atoms with Gasteiger partial charge < -0.3 is 14.7 Å². The molecule has 0 aliphatic carbocycles. The number of aliphatic carboxylic acids is 1. The first-order valence-electron chi connectivity index (χ1n) is 6.62. The van der Waals surface area contributed by atoms with Gasteiger partial charge in [-0.2, -0.15) is 0 Å². The van der Waals surface area contributed by atoms with Crippen molar-refractivity contribution in [1.29, 1.82) is 0 Å². The van der Waals surface area contributed by atoms with E-state index in [9.17, 15) is 9.59 Å². The number of nitrogens with zero attached hydrogens (tertiary/aromatic N) is 1. The van der Waals surface area contributed by atoms with E-state index in [1.165, 1.54) is 0 Å². The second-order valence-corrected chi connectivity index (χ2v) is 4.87. The smallest absolute Gasteiger partial charge is 0.303 e. The van der Waals surface area contributed by atoms with E-state index >= 15 is 0 Å². The van der Waals surface area contributed by atoms with Gasteiger partial charge in [-0.15, -0.1) is 0 Å². The number of hydrogen-bond donors (Lipinski definition) is 1. The number of carbonyl (C=O) groups is 2. The topological polar surface area (TPSA) is 66.8 Å². The average molecular weight is 257 g/mol. The Labute approximate surface area is 108 Å². The Morgan fingerprint density at radius 3 is 2.50 bits per heavy atom. The van der Waals surface area contributed by atoms with Crippen LogP contribution >= 0.6 is 0 Å². The lowest BCUT2D eigenvalue weighted by atomic mass is 9.93. The summed E-state index contributed by atoms with van der Waals surface area (Å²) in [6.07, 6.45) is 4.22. The molecule has 18 heavy (non-hydrogen) atoms. The highest BCUT2D eigenvalue weighted by molar-refractivity contribution is 5.76. The van der Waals surface area contributed by atoms with Crippen molar-refractivity contribution in [2.24, 2.45) is 5.92 Å². The molecule has 5 heteroatoms. The SMILES string of the molecule is COCCCCC(=O)N1CCC(CC(=O)O)CC1. The van der Waals surface area contributed by atoms with Crippen LogP contribution in [0.25, 0.3) is 0 Å². The first-order valence-corrected chi connectivity index (χ1v) is 6.62. The number of unbranched alkanes of at least 4 members (excludes halogenated alkanes) is 1. The number of amides is 1. The lowest BCUT2D eigenvalue weighted by Gasteiger charge is -2.31. The van der Waals surface area contributed by atoms with Gasteiger partial charge >= 0.3 is 5.97 Å². The molecule has 1 N–H and O–H groups in total. The number of likely N-dealkylation sites (tertiary alicyclic amines) is 1. The van der Waals surface area contributed by atoms with Gasteiger partial charge in [-0.1, -0.05) is 0 Å². The van der Waals surface area contributed by atoms with Crippen LogP contribution in [0.4, 0.5) is 0 Å². The van der Waals surface area contributed by atoms with E-state index in [4.69, 9.17) is 9.84 Å². The van der Waals surface area contributed by atoms with Crippen molar-refractivity contribution in [2.45, 2.75) is 38.5 Å². The minimum Gasteiger partial charge on any atom is -0.481 e. The maximum atomic E-state index is 11.9. The van der Waals surface area contributed by atoms with E-state index in [-0.39, 0.29) is 18.2 Å². The molecule has 1 amide bonds. The molecule has 5 nitrogen and oxygen atoms in total. The van der Waals surface area contributed by atoms with Gasteiger partial charge in [0.25, 0.3) is 0 Å². The summed E-state index contributed by atoms with van der Waals surface area (Å²) >= 11 is 0. The molecule has 0 unspecified atom stereocenters. The lowest BCUT2D eigenvalue weighted by molar-refractivity contribution is -0.138. The molecule has 0 aromatic rings. The molecule has 0 radical (unpaired) electrons. The summed E-state index contributed by atoms with van der Waals surface area (Å²) in [5.74, 6) is -0.306. The molecule has 1 aliphatic heterocycles. The van der Waals surface area contributed by atoms with E-state index < -0.39 is 5.97 Å². The fourth-order valence-corrected chi connectivity index (χ4v) is 2.31. The summed E-state index contributed by atoms with van der Waals surface area (Å²) in [4.78, 5) is 24.3. The number of carboxylic acids is 1. The summed E-state index contributed by atoms with van der Waals surface area (Å²) in [6, 6.07) is 0. The molecular weight excluding hydrogens is 234 g/mol. The highest BCUT2D eigenvalue weighted by Gasteiger charge is 2.23. The van der Waals surface area contributed by atoms with E-state index in [0.29, 0.717) is 26.1 Å². The molecule has 104 valence electrons. The van der Waals surface area contributed by atoms with Crippen LogP contribution in [0, 0.1) is 5.92 Å². The number of methoxy groups -OCH3 is 1. The van der Waals surface area contributed by atoms with Crippen molar-refractivity contribution in [3.05, 3.63) is 0 Å². The van der Waals surface area contributed by atoms with Crippen molar-refractivity contribution in [2.75, 3.05) is 26.8 Å². The molecular formula is C13H23NO4. The highest BCUT2D eigenvalue weighted by atomic mass is 16.5. The molecule has 0 saturated carbocycles. The predicted molar refractivity (Wildman–Crippen MR) is 67.3 cm³/mol. The zero-order chi connectivity index (χ0) is 13.4.